The molecule has 0 saturated heterocycles. The molecule has 0 heterocycles. The first kappa shape index (κ1) is 11.3. The van der Waals surface area contributed by atoms with Crippen LogP contribution in [0.5, 0.6) is 0 Å². The van der Waals surface area contributed by atoms with Crippen molar-refractivity contribution in [3.8, 4) is 12.1 Å². The average Bonchev–Trinajstić information content (AvgIpc) is 2.26. The second-order valence-electron chi connectivity index (χ2n) is 3.92. The molecule has 0 aliphatic rings. The first-order chi connectivity index (χ1) is 7.20. The maximum atomic E-state index is 8.93. The van der Waals surface area contributed by atoms with E-state index >= 15 is 0 Å². The van der Waals surface area contributed by atoms with Gasteiger partial charge in [-0.3, -0.25) is 0 Å². The molecule has 0 radical (unpaired) electrons. The molecule has 0 spiro atoms. The van der Waals surface area contributed by atoms with Crippen molar-refractivity contribution in [1.82, 2.24) is 0 Å². The summed E-state index contributed by atoms with van der Waals surface area (Å²) in [5, 5.41) is 17.9. The van der Waals surface area contributed by atoms with Gasteiger partial charge in [-0.2, -0.15) is 10.5 Å². The molecule has 0 bridgehead atoms. The van der Waals surface area contributed by atoms with Crippen molar-refractivity contribution in [2.24, 2.45) is 11.8 Å². The van der Waals surface area contributed by atoms with Crippen LogP contribution in [-0.4, -0.2) is 0 Å². The molecule has 1 rings (SSSR count). The molecule has 15 heavy (non-hydrogen) atoms. The first-order valence-corrected chi connectivity index (χ1v) is 5.05. The molecule has 76 valence electrons. The molecule has 0 aromatic heterocycles. The van der Waals surface area contributed by atoms with Crippen molar-refractivity contribution in [2.45, 2.75) is 19.8 Å². The number of hydrogen-bond acceptors (Lipinski definition) is 2. The third-order valence-corrected chi connectivity index (χ3v) is 2.54. The monoisotopic (exact) mass is 198 g/mol. The number of hydrogen-bond donors (Lipinski definition) is 0. The summed E-state index contributed by atoms with van der Waals surface area (Å²) in [4.78, 5) is 0. The maximum Gasteiger partial charge on any atom is 0.140 e. The van der Waals surface area contributed by atoms with Gasteiger partial charge in [0.2, 0.25) is 0 Å². The molecule has 0 aliphatic heterocycles. The van der Waals surface area contributed by atoms with Gasteiger partial charge in [-0.1, -0.05) is 44.2 Å². The summed E-state index contributed by atoms with van der Waals surface area (Å²) in [6.07, 6.45) is 0. The topological polar surface area (TPSA) is 47.6 Å². The molecule has 1 atom stereocenters. The molecule has 0 saturated carbocycles. The Kier molecular flexibility index (Phi) is 3.89. The van der Waals surface area contributed by atoms with Crippen LogP contribution in [0.15, 0.2) is 30.3 Å². The van der Waals surface area contributed by atoms with E-state index in [0.717, 1.165) is 5.56 Å². The van der Waals surface area contributed by atoms with Gasteiger partial charge in [0.25, 0.3) is 0 Å². The molecule has 1 aromatic carbocycles. The zero-order valence-electron chi connectivity index (χ0n) is 9.01. The van der Waals surface area contributed by atoms with Gasteiger partial charge in [-0.25, -0.2) is 0 Å². The predicted octanol–water partition coefficient (Wildman–Crippen LogP) is 3.09. The van der Waals surface area contributed by atoms with Crippen LogP contribution in [0.25, 0.3) is 0 Å². The second kappa shape index (κ2) is 5.17. The van der Waals surface area contributed by atoms with Gasteiger partial charge >= 0.3 is 0 Å². The van der Waals surface area contributed by atoms with E-state index in [1.54, 1.807) is 0 Å². The molecule has 0 aliphatic carbocycles. The van der Waals surface area contributed by atoms with Crippen LogP contribution in [0.1, 0.15) is 25.3 Å². The van der Waals surface area contributed by atoms with Crippen molar-refractivity contribution in [1.29, 1.82) is 10.5 Å². The Balaban J connectivity index is 3.06. The fraction of sp³-hybridized carbons (Fsp3) is 0.385. The van der Waals surface area contributed by atoms with Crippen molar-refractivity contribution >= 4 is 0 Å². The van der Waals surface area contributed by atoms with Gasteiger partial charge in [-0.15, -0.1) is 0 Å². The predicted molar refractivity (Wildman–Crippen MR) is 58.7 cm³/mol. The van der Waals surface area contributed by atoms with Crippen LogP contribution < -0.4 is 0 Å². The van der Waals surface area contributed by atoms with Gasteiger partial charge in [0.1, 0.15) is 5.92 Å². The van der Waals surface area contributed by atoms with Crippen molar-refractivity contribution in [2.75, 3.05) is 0 Å². The van der Waals surface area contributed by atoms with Gasteiger partial charge in [0, 0.05) is 5.92 Å². The molecule has 2 heteroatoms. The van der Waals surface area contributed by atoms with Gasteiger partial charge in [-0.05, 0) is 11.5 Å². The summed E-state index contributed by atoms with van der Waals surface area (Å²) >= 11 is 0. The summed E-state index contributed by atoms with van der Waals surface area (Å²) in [7, 11) is 0. The molecule has 0 N–H and O–H groups in total. The number of nitrogens with zero attached hydrogens (tertiary/aromatic N) is 2. The van der Waals surface area contributed by atoms with Crippen LogP contribution in [0.2, 0.25) is 0 Å². The second-order valence-corrected chi connectivity index (χ2v) is 3.92. The summed E-state index contributed by atoms with van der Waals surface area (Å²) < 4.78 is 0. The molecular formula is C13H14N2. The molecular weight excluding hydrogens is 184 g/mol. The Morgan fingerprint density at radius 1 is 1.00 bits per heavy atom. The van der Waals surface area contributed by atoms with E-state index < -0.39 is 5.92 Å². The van der Waals surface area contributed by atoms with Crippen LogP contribution in [0, 0.1) is 34.5 Å². The Bertz CT molecular complexity index is 367. The Hall–Kier alpha value is -1.80. The molecule has 2 nitrogen and oxygen atoms in total. The lowest BCUT2D eigenvalue weighted by Crippen LogP contribution is -2.15. The van der Waals surface area contributed by atoms with E-state index in [1.165, 1.54) is 0 Å². The maximum absolute atomic E-state index is 8.93. The van der Waals surface area contributed by atoms with E-state index in [9.17, 15) is 0 Å². The lowest BCUT2D eigenvalue weighted by Gasteiger charge is -2.21. The molecule has 1 aromatic rings. The summed E-state index contributed by atoms with van der Waals surface area (Å²) in [6.45, 7) is 4.08. The minimum absolute atomic E-state index is 0.00111. The fourth-order valence-electron chi connectivity index (χ4n) is 1.83. The molecule has 0 amide bonds. The van der Waals surface area contributed by atoms with Crippen LogP contribution in [0.4, 0.5) is 0 Å². The van der Waals surface area contributed by atoms with Crippen LogP contribution in [-0.2, 0) is 0 Å². The summed E-state index contributed by atoms with van der Waals surface area (Å²) in [6, 6.07) is 13.9. The molecule has 0 fully saturated rings. The quantitative estimate of drug-likeness (QED) is 0.749. The highest BCUT2D eigenvalue weighted by Crippen LogP contribution is 2.31. The standard InChI is InChI=1S/C13H14N2/c1-10(2)13(12(8-14)9-15)11-6-4-3-5-7-11/h3-7,10,12-13H,1-2H3. The minimum atomic E-state index is -0.563. The van der Waals surface area contributed by atoms with Gasteiger partial charge < -0.3 is 0 Å². The van der Waals surface area contributed by atoms with Crippen LogP contribution in [0.3, 0.4) is 0 Å². The Morgan fingerprint density at radius 3 is 1.93 bits per heavy atom. The van der Waals surface area contributed by atoms with E-state index in [1.807, 2.05) is 44.2 Å². The third kappa shape index (κ3) is 2.58. The minimum Gasteiger partial charge on any atom is -0.197 e. The number of nitriles is 2. The Morgan fingerprint density at radius 2 is 1.53 bits per heavy atom. The van der Waals surface area contributed by atoms with Crippen molar-refractivity contribution in [3.63, 3.8) is 0 Å². The zero-order chi connectivity index (χ0) is 11.3. The number of benzene rings is 1. The van der Waals surface area contributed by atoms with E-state index in [-0.39, 0.29) is 11.8 Å². The summed E-state index contributed by atoms with van der Waals surface area (Å²) in [5.74, 6) is -0.273. The van der Waals surface area contributed by atoms with Crippen molar-refractivity contribution in [3.05, 3.63) is 35.9 Å². The smallest absolute Gasteiger partial charge is 0.140 e. The molecule has 1 unspecified atom stereocenters. The average molecular weight is 198 g/mol. The lowest BCUT2D eigenvalue weighted by molar-refractivity contribution is 0.454. The van der Waals surface area contributed by atoms with E-state index in [4.69, 9.17) is 10.5 Å². The van der Waals surface area contributed by atoms with Gasteiger partial charge in [0.05, 0.1) is 12.1 Å². The zero-order valence-corrected chi connectivity index (χ0v) is 9.01. The van der Waals surface area contributed by atoms with Crippen LogP contribution >= 0.6 is 0 Å². The van der Waals surface area contributed by atoms with Crippen molar-refractivity contribution < 1.29 is 0 Å². The first-order valence-electron chi connectivity index (χ1n) is 5.05. The van der Waals surface area contributed by atoms with Gasteiger partial charge in [0.15, 0.2) is 0 Å². The third-order valence-electron chi connectivity index (χ3n) is 2.54. The normalized spacial score (nSPS) is 12.1. The highest BCUT2D eigenvalue weighted by atomic mass is 14.4. The SMILES string of the molecule is CC(C)C(c1ccccc1)C(C#N)C#N. The van der Waals surface area contributed by atoms with E-state index in [2.05, 4.69) is 12.1 Å². The summed E-state index contributed by atoms with van der Waals surface area (Å²) in [5.41, 5.74) is 1.07. The highest BCUT2D eigenvalue weighted by Gasteiger charge is 2.25. The Labute approximate surface area is 90.8 Å². The lowest BCUT2D eigenvalue weighted by atomic mass is 9.80. The van der Waals surface area contributed by atoms with E-state index in [0.29, 0.717) is 0 Å². The largest absolute Gasteiger partial charge is 0.197 e. The fourth-order valence-corrected chi connectivity index (χ4v) is 1.83. The number of rotatable bonds is 3. The highest BCUT2D eigenvalue weighted by molar-refractivity contribution is 5.25.